The van der Waals surface area contributed by atoms with Gasteiger partial charge in [0.25, 0.3) is 0 Å². The third-order valence-electron chi connectivity index (χ3n) is 3.26. The largest absolute Gasteiger partial charge is 0.486 e. The minimum absolute atomic E-state index is 0.0269. The molecule has 1 atom stereocenters. The fourth-order valence-electron chi connectivity index (χ4n) is 2.01. The molecule has 25 heavy (non-hydrogen) atoms. The third kappa shape index (κ3) is 6.22. The Morgan fingerprint density at radius 3 is 2.76 bits per heavy atom. The molecule has 0 radical (unpaired) electrons. The van der Waals surface area contributed by atoms with Crippen molar-refractivity contribution in [2.24, 2.45) is 7.05 Å². The molecule has 0 fully saturated rings. The van der Waals surface area contributed by atoms with Crippen molar-refractivity contribution in [1.29, 1.82) is 0 Å². The minimum Gasteiger partial charge on any atom is -0.486 e. The Kier molecular flexibility index (Phi) is 7.54. The molecule has 1 aromatic heterocycles. The molecular formula is C16H21ClN4O3S. The molecule has 0 aliphatic carbocycles. The predicted octanol–water partition coefficient (Wildman–Crippen LogP) is 2.29. The van der Waals surface area contributed by atoms with Crippen LogP contribution in [0.4, 0.5) is 0 Å². The number of aromatic nitrogens is 3. The molecule has 0 bridgehead atoms. The number of hydrogen-bond donors (Lipinski definition) is 1. The van der Waals surface area contributed by atoms with Gasteiger partial charge in [-0.05, 0) is 31.2 Å². The van der Waals surface area contributed by atoms with E-state index < -0.39 is 0 Å². The van der Waals surface area contributed by atoms with Crippen molar-refractivity contribution in [3.05, 3.63) is 35.1 Å². The second kappa shape index (κ2) is 9.65. The van der Waals surface area contributed by atoms with Gasteiger partial charge in [0.15, 0.2) is 11.0 Å². The maximum atomic E-state index is 11.9. The second-order valence-corrected chi connectivity index (χ2v) is 6.79. The number of amides is 1. The molecule has 1 N–H and O–H groups in total. The van der Waals surface area contributed by atoms with E-state index >= 15 is 0 Å². The number of halogens is 1. The summed E-state index contributed by atoms with van der Waals surface area (Å²) in [5, 5.41) is 12.4. The highest BCUT2D eigenvalue weighted by Gasteiger charge is 2.13. The van der Waals surface area contributed by atoms with Crippen molar-refractivity contribution in [2.75, 3.05) is 19.5 Å². The Labute approximate surface area is 156 Å². The molecule has 1 unspecified atom stereocenters. The zero-order valence-electron chi connectivity index (χ0n) is 14.4. The number of carbonyl (C=O) groups is 1. The van der Waals surface area contributed by atoms with Gasteiger partial charge < -0.3 is 19.4 Å². The number of ether oxygens (including phenoxy) is 2. The SMILES string of the molecule is COCC(C)NC(=O)CSc1nnc(COc2ccc(Cl)cc2)n1C. The van der Waals surface area contributed by atoms with Crippen LogP contribution in [-0.2, 0) is 23.2 Å². The van der Waals surface area contributed by atoms with Crippen molar-refractivity contribution in [3.8, 4) is 5.75 Å². The summed E-state index contributed by atoms with van der Waals surface area (Å²) in [5.74, 6) is 1.56. The summed E-state index contributed by atoms with van der Waals surface area (Å²) >= 11 is 7.17. The van der Waals surface area contributed by atoms with Crippen molar-refractivity contribution in [1.82, 2.24) is 20.1 Å². The van der Waals surface area contributed by atoms with Crippen LogP contribution >= 0.6 is 23.4 Å². The van der Waals surface area contributed by atoms with Crippen LogP contribution in [0.15, 0.2) is 29.4 Å². The van der Waals surface area contributed by atoms with Gasteiger partial charge in [-0.25, -0.2) is 0 Å². The molecule has 0 saturated carbocycles. The summed E-state index contributed by atoms with van der Waals surface area (Å²) in [4.78, 5) is 11.9. The van der Waals surface area contributed by atoms with Gasteiger partial charge in [0.05, 0.1) is 12.4 Å². The summed E-state index contributed by atoms with van der Waals surface area (Å²) in [6, 6.07) is 7.08. The lowest BCUT2D eigenvalue weighted by Crippen LogP contribution is -2.36. The zero-order chi connectivity index (χ0) is 18.2. The van der Waals surface area contributed by atoms with Gasteiger partial charge >= 0.3 is 0 Å². The summed E-state index contributed by atoms with van der Waals surface area (Å²) in [7, 11) is 3.44. The van der Waals surface area contributed by atoms with Crippen LogP contribution < -0.4 is 10.1 Å². The number of hydrogen-bond acceptors (Lipinski definition) is 6. The van der Waals surface area contributed by atoms with E-state index in [-0.39, 0.29) is 24.3 Å². The lowest BCUT2D eigenvalue weighted by molar-refractivity contribution is -0.119. The Morgan fingerprint density at radius 2 is 2.08 bits per heavy atom. The maximum absolute atomic E-state index is 11.9. The molecule has 2 aromatic rings. The first-order valence-electron chi connectivity index (χ1n) is 7.67. The summed E-state index contributed by atoms with van der Waals surface area (Å²) in [5.41, 5.74) is 0. The molecule has 1 aromatic carbocycles. The molecular weight excluding hydrogens is 364 g/mol. The Morgan fingerprint density at radius 1 is 1.36 bits per heavy atom. The first-order valence-corrected chi connectivity index (χ1v) is 9.03. The molecule has 1 amide bonds. The van der Waals surface area contributed by atoms with E-state index in [1.807, 2.05) is 18.5 Å². The highest BCUT2D eigenvalue weighted by molar-refractivity contribution is 7.99. The fraction of sp³-hybridized carbons (Fsp3) is 0.438. The quantitative estimate of drug-likeness (QED) is 0.668. The highest BCUT2D eigenvalue weighted by atomic mass is 35.5. The van der Waals surface area contributed by atoms with E-state index in [1.165, 1.54) is 11.8 Å². The van der Waals surface area contributed by atoms with E-state index in [4.69, 9.17) is 21.1 Å². The lowest BCUT2D eigenvalue weighted by Gasteiger charge is -2.12. The Balaban J connectivity index is 1.83. The molecule has 0 saturated heterocycles. The number of nitrogens with one attached hydrogen (secondary N) is 1. The molecule has 9 heteroatoms. The van der Waals surface area contributed by atoms with Gasteiger partial charge in [0.1, 0.15) is 12.4 Å². The first kappa shape index (κ1) is 19.6. The fourth-order valence-corrected chi connectivity index (χ4v) is 2.88. The van der Waals surface area contributed by atoms with Crippen LogP contribution in [-0.4, -0.2) is 46.2 Å². The van der Waals surface area contributed by atoms with Gasteiger partial charge in [-0.15, -0.1) is 10.2 Å². The van der Waals surface area contributed by atoms with Crippen LogP contribution in [0.25, 0.3) is 0 Å². The van der Waals surface area contributed by atoms with Crippen molar-refractivity contribution < 1.29 is 14.3 Å². The summed E-state index contributed by atoms with van der Waals surface area (Å²) in [6.45, 7) is 2.65. The monoisotopic (exact) mass is 384 g/mol. The van der Waals surface area contributed by atoms with Crippen LogP contribution in [0.5, 0.6) is 5.75 Å². The number of thioether (sulfide) groups is 1. The average molecular weight is 385 g/mol. The third-order valence-corrected chi connectivity index (χ3v) is 4.54. The van der Waals surface area contributed by atoms with Gasteiger partial charge in [-0.3, -0.25) is 4.79 Å². The summed E-state index contributed by atoms with van der Waals surface area (Å²) in [6.07, 6.45) is 0. The van der Waals surface area contributed by atoms with Crippen molar-refractivity contribution in [3.63, 3.8) is 0 Å². The molecule has 136 valence electrons. The van der Waals surface area contributed by atoms with E-state index in [1.54, 1.807) is 31.4 Å². The van der Waals surface area contributed by atoms with Crippen LogP contribution in [0.2, 0.25) is 5.02 Å². The van der Waals surface area contributed by atoms with E-state index in [2.05, 4.69) is 15.5 Å². The van der Waals surface area contributed by atoms with Gasteiger partial charge in [0, 0.05) is 25.2 Å². The van der Waals surface area contributed by atoms with E-state index in [9.17, 15) is 4.79 Å². The zero-order valence-corrected chi connectivity index (χ0v) is 15.9. The topological polar surface area (TPSA) is 78.3 Å². The molecule has 2 rings (SSSR count). The van der Waals surface area contributed by atoms with Gasteiger partial charge in [-0.1, -0.05) is 23.4 Å². The van der Waals surface area contributed by atoms with Gasteiger partial charge in [-0.2, -0.15) is 0 Å². The summed E-state index contributed by atoms with van der Waals surface area (Å²) < 4.78 is 12.5. The maximum Gasteiger partial charge on any atom is 0.230 e. The normalized spacial score (nSPS) is 12.0. The number of benzene rings is 1. The Hall–Kier alpha value is -1.77. The van der Waals surface area contributed by atoms with E-state index in [0.717, 1.165) is 0 Å². The minimum atomic E-state index is -0.0727. The number of methoxy groups -OCH3 is 1. The van der Waals surface area contributed by atoms with E-state index in [0.29, 0.717) is 28.4 Å². The predicted molar refractivity (Wildman–Crippen MR) is 97.0 cm³/mol. The lowest BCUT2D eigenvalue weighted by atomic mass is 10.3. The number of rotatable bonds is 9. The number of carbonyl (C=O) groups excluding carboxylic acids is 1. The standard InChI is InChI=1S/C16H21ClN4O3S/c1-11(8-23-3)18-15(22)10-25-16-20-19-14(21(16)2)9-24-13-6-4-12(17)5-7-13/h4-7,11H,8-10H2,1-3H3,(H,18,22). The molecule has 0 aliphatic rings. The Bertz CT molecular complexity index is 693. The average Bonchev–Trinajstić information content (AvgIpc) is 2.93. The van der Waals surface area contributed by atoms with Crippen LogP contribution in [0, 0.1) is 0 Å². The molecule has 7 nitrogen and oxygen atoms in total. The molecule has 0 aliphatic heterocycles. The van der Waals surface area contributed by atoms with Gasteiger partial charge in [0.2, 0.25) is 5.91 Å². The van der Waals surface area contributed by atoms with Crippen LogP contribution in [0.3, 0.4) is 0 Å². The molecule has 0 spiro atoms. The van der Waals surface area contributed by atoms with Crippen molar-refractivity contribution in [2.45, 2.75) is 24.7 Å². The van der Waals surface area contributed by atoms with Crippen LogP contribution in [0.1, 0.15) is 12.7 Å². The molecule has 1 heterocycles. The highest BCUT2D eigenvalue weighted by Crippen LogP contribution is 2.18. The second-order valence-electron chi connectivity index (χ2n) is 5.41. The van der Waals surface area contributed by atoms with Crippen molar-refractivity contribution >= 4 is 29.3 Å². The number of nitrogens with zero attached hydrogens (tertiary/aromatic N) is 3. The smallest absolute Gasteiger partial charge is 0.230 e. The first-order chi connectivity index (χ1) is 12.0.